The highest BCUT2D eigenvalue weighted by Crippen LogP contribution is 2.09. The zero-order valence-corrected chi connectivity index (χ0v) is 9.07. The van der Waals surface area contributed by atoms with Crippen molar-refractivity contribution in [2.24, 2.45) is 5.73 Å². The molecule has 0 aliphatic heterocycles. The molecule has 1 aromatic carbocycles. The van der Waals surface area contributed by atoms with Crippen LogP contribution in [0.3, 0.4) is 0 Å². The number of nitrogens with two attached hydrogens (primary N) is 1. The van der Waals surface area contributed by atoms with Crippen molar-refractivity contribution in [1.82, 2.24) is 4.72 Å². The molecule has 0 aliphatic carbocycles. The number of hydrogen-bond acceptors (Lipinski definition) is 4. The van der Waals surface area contributed by atoms with Crippen molar-refractivity contribution in [3.8, 4) is 0 Å². The van der Waals surface area contributed by atoms with Gasteiger partial charge in [-0.1, -0.05) is 0 Å². The van der Waals surface area contributed by atoms with Gasteiger partial charge in [0.25, 0.3) is 0 Å². The summed E-state index contributed by atoms with van der Waals surface area (Å²) in [5.41, 5.74) is 5.61. The van der Waals surface area contributed by atoms with E-state index in [-0.39, 0.29) is 15.4 Å². The maximum absolute atomic E-state index is 11.7. The van der Waals surface area contributed by atoms with Crippen molar-refractivity contribution in [3.05, 3.63) is 29.8 Å². The Balaban J connectivity index is 3.08. The summed E-state index contributed by atoms with van der Waals surface area (Å²) >= 11 is 0. The number of amidine groups is 1. The molecule has 1 aromatic rings. The molecule has 0 amide bonds. The second-order valence-corrected chi connectivity index (χ2v) is 4.57. The van der Waals surface area contributed by atoms with Gasteiger partial charge in [-0.2, -0.15) is 0 Å². The molecular weight excluding hydrogens is 230 g/mol. The first-order valence-electron chi connectivity index (χ1n) is 4.74. The van der Waals surface area contributed by atoms with Crippen molar-refractivity contribution in [3.63, 3.8) is 0 Å². The maximum atomic E-state index is 11.7. The normalized spacial score (nSPS) is 12.2. The van der Waals surface area contributed by atoms with Gasteiger partial charge in [-0.15, -0.1) is 0 Å². The highest BCUT2D eigenvalue weighted by atomic mass is 32.2. The van der Waals surface area contributed by atoms with Crippen molar-refractivity contribution in [1.29, 1.82) is 5.41 Å². The lowest BCUT2D eigenvalue weighted by Gasteiger charge is -2.04. The van der Waals surface area contributed by atoms with Gasteiger partial charge >= 0.3 is 0 Å². The fourth-order valence-corrected chi connectivity index (χ4v) is 1.90. The van der Waals surface area contributed by atoms with Crippen LogP contribution in [0.1, 0.15) is 5.56 Å². The van der Waals surface area contributed by atoms with Crippen molar-refractivity contribution >= 4 is 22.1 Å². The van der Waals surface area contributed by atoms with Gasteiger partial charge in [0.2, 0.25) is 10.0 Å². The summed E-state index contributed by atoms with van der Waals surface area (Å²) in [6, 6.07) is 5.20. The molecule has 0 atom stereocenters. The molecule has 0 unspecified atom stereocenters. The second-order valence-electron chi connectivity index (χ2n) is 2.89. The van der Waals surface area contributed by atoms with E-state index in [1.807, 2.05) is 0 Å². The van der Waals surface area contributed by atoms with Crippen LogP contribution >= 0.6 is 0 Å². The molecular formula is C9H11N3O3S. The Labute approximate surface area is 94.5 Å². The third kappa shape index (κ3) is 2.88. The highest BCUT2D eigenvalue weighted by molar-refractivity contribution is 7.89. The molecule has 7 heteroatoms. The standard InChI is InChI=1S/C9H11N3O3S/c10-9(11)7-1-3-8(4-2-7)16(14,15)12-5-6-13/h1-4,6,12H,5H2,(H3,10,11)/i/hD. The number of nitrogen functional groups attached to an aromatic ring is 1. The molecule has 6 nitrogen and oxygen atoms in total. The summed E-state index contributed by atoms with van der Waals surface area (Å²) in [6.07, 6.45) is 0.328. The van der Waals surface area contributed by atoms with Gasteiger partial charge in [0.1, 0.15) is 13.5 Å². The first-order valence-corrected chi connectivity index (χ1v) is 5.73. The summed E-state index contributed by atoms with van der Waals surface area (Å²) in [7, 11) is -3.99. The summed E-state index contributed by atoms with van der Waals surface area (Å²) in [4.78, 5) is 10.0. The van der Waals surface area contributed by atoms with Crippen LogP contribution in [0.2, 0.25) is 1.41 Å². The van der Waals surface area contributed by atoms with Gasteiger partial charge in [-0.25, -0.2) is 13.1 Å². The van der Waals surface area contributed by atoms with Crippen molar-refractivity contribution < 1.29 is 14.6 Å². The first kappa shape index (κ1) is 10.8. The van der Waals surface area contributed by atoms with Crippen molar-refractivity contribution in [2.75, 3.05) is 6.54 Å². The van der Waals surface area contributed by atoms with Gasteiger partial charge in [0, 0.05) is 5.56 Å². The SMILES string of the molecule is [2H]N(CC=O)S(=O)(=O)c1ccc(C(=N)N)cc1. The average Bonchev–Trinajstić information content (AvgIpc) is 2.29. The van der Waals surface area contributed by atoms with E-state index < -0.39 is 16.6 Å². The average molecular weight is 242 g/mol. The molecule has 0 bridgehead atoms. The van der Waals surface area contributed by atoms with E-state index in [2.05, 4.69) is 0 Å². The lowest BCUT2D eigenvalue weighted by Crippen LogP contribution is -2.25. The predicted octanol–water partition coefficient (Wildman–Crippen LogP) is -0.552. The molecule has 86 valence electrons. The number of hydrogen-bond donors (Lipinski definition) is 3. The zero-order chi connectivity index (χ0) is 13.1. The monoisotopic (exact) mass is 242 g/mol. The molecule has 0 saturated carbocycles. The maximum Gasteiger partial charge on any atom is 0.240 e. The van der Waals surface area contributed by atoms with Gasteiger partial charge in [0.15, 0.2) is 0 Å². The van der Waals surface area contributed by atoms with Crippen LogP contribution < -0.4 is 10.4 Å². The molecule has 0 radical (unpaired) electrons. The summed E-state index contributed by atoms with van der Waals surface area (Å²) in [5, 5.41) is 7.15. The van der Waals surface area contributed by atoms with Crippen LogP contribution in [0.5, 0.6) is 0 Å². The third-order valence-corrected chi connectivity index (χ3v) is 3.14. The summed E-state index contributed by atoms with van der Waals surface area (Å²) < 4.78 is 30.8. The molecule has 0 saturated heterocycles. The van der Waals surface area contributed by atoms with E-state index in [9.17, 15) is 13.2 Å². The lowest BCUT2D eigenvalue weighted by atomic mass is 10.2. The number of rotatable bonds is 5. The molecule has 1 rings (SSSR count). The van der Waals surface area contributed by atoms with Crippen LogP contribution in [0.4, 0.5) is 0 Å². The van der Waals surface area contributed by atoms with E-state index >= 15 is 0 Å². The zero-order valence-electron chi connectivity index (χ0n) is 9.25. The minimum absolute atomic E-state index is 0.126. The second kappa shape index (κ2) is 4.86. The molecule has 16 heavy (non-hydrogen) atoms. The number of nitrogens with one attached hydrogen (secondary N) is 2. The predicted molar refractivity (Wildman–Crippen MR) is 58.7 cm³/mol. The Hall–Kier alpha value is -1.73. The van der Waals surface area contributed by atoms with E-state index in [0.29, 0.717) is 11.8 Å². The van der Waals surface area contributed by atoms with Crippen LogP contribution in [0.15, 0.2) is 29.2 Å². The number of sulfonamides is 1. The minimum atomic E-state index is -3.99. The smallest absolute Gasteiger partial charge is 0.240 e. The number of carbonyl (C=O) groups excluding carboxylic acids is 1. The summed E-state index contributed by atoms with van der Waals surface area (Å²) in [5.74, 6) is -0.176. The first-order chi connectivity index (χ1) is 7.89. The Kier molecular flexibility index (Phi) is 3.28. The van der Waals surface area contributed by atoms with E-state index in [1.54, 1.807) is 0 Å². The Morgan fingerprint density at radius 1 is 1.50 bits per heavy atom. The highest BCUT2D eigenvalue weighted by Gasteiger charge is 2.12. The van der Waals surface area contributed by atoms with Crippen LogP contribution in [-0.4, -0.2) is 27.1 Å². The summed E-state index contributed by atoms with van der Waals surface area (Å²) in [6.45, 7) is -0.531. The largest absolute Gasteiger partial charge is 0.384 e. The number of aldehydes is 1. The van der Waals surface area contributed by atoms with Gasteiger partial charge in [-0.05, 0) is 24.3 Å². The van der Waals surface area contributed by atoms with Gasteiger partial charge < -0.3 is 10.5 Å². The van der Waals surface area contributed by atoms with E-state index in [0.717, 1.165) is 0 Å². The molecule has 0 heterocycles. The molecule has 0 aliphatic rings. The van der Waals surface area contributed by atoms with E-state index in [1.165, 1.54) is 24.3 Å². The minimum Gasteiger partial charge on any atom is -0.384 e. The third-order valence-electron chi connectivity index (χ3n) is 1.78. The molecule has 0 spiro atoms. The van der Waals surface area contributed by atoms with Crippen molar-refractivity contribution in [2.45, 2.75) is 4.90 Å². The number of carbonyl (C=O) groups is 1. The lowest BCUT2D eigenvalue weighted by molar-refractivity contribution is -0.106. The fraction of sp³-hybridized carbons (Fsp3) is 0.111. The van der Waals surface area contributed by atoms with Gasteiger partial charge in [0.05, 0.1) is 11.4 Å². The van der Waals surface area contributed by atoms with Crippen LogP contribution in [0, 0.1) is 5.41 Å². The Bertz CT molecular complexity index is 527. The number of benzene rings is 1. The van der Waals surface area contributed by atoms with E-state index in [4.69, 9.17) is 12.6 Å². The van der Waals surface area contributed by atoms with Crippen LogP contribution in [-0.2, 0) is 14.8 Å². The Morgan fingerprint density at radius 2 is 2.06 bits per heavy atom. The van der Waals surface area contributed by atoms with Gasteiger partial charge in [-0.3, -0.25) is 5.41 Å². The van der Waals surface area contributed by atoms with Crippen LogP contribution in [0.25, 0.3) is 0 Å². The molecule has 4 N–H and O–H groups in total. The molecule has 0 fully saturated rings. The fourth-order valence-electron chi connectivity index (χ4n) is 1.01. The Morgan fingerprint density at radius 3 is 2.50 bits per heavy atom. The topological polar surface area (TPSA) is 113 Å². The quantitative estimate of drug-likeness (QED) is 0.365. The molecule has 0 aromatic heterocycles.